The molecule has 0 saturated carbocycles. The molecule has 0 radical (unpaired) electrons. The Morgan fingerprint density at radius 3 is 2.44 bits per heavy atom. The number of nitrogens with two attached hydrogens (primary N) is 1. The van der Waals surface area contributed by atoms with Gasteiger partial charge in [-0.1, -0.05) is 13.8 Å². The molecule has 0 aliphatic carbocycles. The first-order valence-electron chi connectivity index (χ1n) is 6.00. The molecule has 108 valence electrons. The second kappa shape index (κ2) is 8.31. The molecule has 0 unspecified atom stereocenters. The van der Waals surface area contributed by atoms with E-state index >= 15 is 0 Å². The van der Waals surface area contributed by atoms with E-state index in [2.05, 4.69) is 0 Å². The van der Waals surface area contributed by atoms with Gasteiger partial charge in [0, 0.05) is 6.54 Å². The third kappa shape index (κ3) is 10.3. The highest BCUT2D eigenvalue weighted by Gasteiger charge is 2.27. The Bertz CT molecular complexity index is 244. The maximum atomic E-state index is 11.9. The van der Waals surface area contributed by atoms with Crippen molar-refractivity contribution in [1.82, 2.24) is 10.2 Å². The topological polar surface area (TPSA) is 58.4 Å². The Morgan fingerprint density at radius 1 is 1.39 bits per heavy atom. The molecule has 1 amide bonds. The minimum atomic E-state index is -4.37. The van der Waals surface area contributed by atoms with E-state index in [1.165, 1.54) is 0 Å². The van der Waals surface area contributed by atoms with Crippen LogP contribution in [0.2, 0.25) is 0 Å². The highest BCUT2D eigenvalue weighted by atomic mass is 19.4. The van der Waals surface area contributed by atoms with Crippen molar-refractivity contribution in [2.75, 3.05) is 32.7 Å². The lowest BCUT2D eigenvalue weighted by atomic mass is 10.2. The number of rotatable bonds is 8. The predicted octanol–water partition coefficient (Wildman–Crippen LogP) is 0.972. The number of hydrogen-bond acceptors (Lipinski definition) is 3. The lowest BCUT2D eigenvalue weighted by molar-refractivity contribution is -0.139. The van der Waals surface area contributed by atoms with Gasteiger partial charge in [-0.05, 0) is 25.4 Å². The summed E-state index contributed by atoms with van der Waals surface area (Å²) < 4.78 is 35.8. The summed E-state index contributed by atoms with van der Waals surface area (Å²) in [6.07, 6.45) is -3.64. The third-order valence-electron chi connectivity index (χ3n) is 2.16. The summed E-state index contributed by atoms with van der Waals surface area (Å²) in [5.74, 6) is -0.261. The van der Waals surface area contributed by atoms with Gasteiger partial charge in [-0.25, -0.2) is 0 Å². The SMILES string of the molecule is CC(C)CN(CCCN)CC(=O)NCC(F)(F)F. The Labute approximate surface area is 106 Å². The highest BCUT2D eigenvalue weighted by molar-refractivity contribution is 5.78. The number of nitrogens with one attached hydrogen (secondary N) is 1. The molecule has 0 saturated heterocycles. The Kier molecular flexibility index (Phi) is 7.93. The molecular weight excluding hydrogens is 247 g/mol. The van der Waals surface area contributed by atoms with Gasteiger partial charge in [-0.2, -0.15) is 13.2 Å². The average molecular weight is 269 g/mol. The zero-order valence-corrected chi connectivity index (χ0v) is 10.9. The molecule has 7 heteroatoms. The summed E-state index contributed by atoms with van der Waals surface area (Å²) in [6.45, 7) is 4.46. The number of nitrogens with zero attached hydrogens (tertiary/aromatic N) is 1. The number of carbonyl (C=O) groups excluding carboxylic acids is 1. The number of alkyl halides is 3. The van der Waals surface area contributed by atoms with Crippen LogP contribution in [0, 0.1) is 5.92 Å². The van der Waals surface area contributed by atoms with Gasteiger partial charge in [0.15, 0.2) is 0 Å². The van der Waals surface area contributed by atoms with Crippen LogP contribution in [-0.2, 0) is 4.79 Å². The van der Waals surface area contributed by atoms with Gasteiger partial charge in [-0.3, -0.25) is 9.69 Å². The molecular formula is C11H22F3N3O. The van der Waals surface area contributed by atoms with Crippen molar-refractivity contribution >= 4 is 5.91 Å². The van der Waals surface area contributed by atoms with Crippen molar-refractivity contribution in [3.05, 3.63) is 0 Å². The zero-order chi connectivity index (χ0) is 14.2. The molecule has 18 heavy (non-hydrogen) atoms. The van der Waals surface area contributed by atoms with E-state index in [0.29, 0.717) is 25.6 Å². The largest absolute Gasteiger partial charge is 0.405 e. The summed E-state index contributed by atoms with van der Waals surface area (Å²) in [6, 6.07) is 0. The van der Waals surface area contributed by atoms with Crippen molar-refractivity contribution in [3.63, 3.8) is 0 Å². The lowest BCUT2D eigenvalue weighted by Gasteiger charge is -2.23. The molecule has 0 aromatic carbocycles. The van der Waals surface area contributed by atoms with Gasteiger partial charge in [-0.15, -0.1) is 0 Å². The molecule has 0 heterocycles. The molecule has 0 rings (SSSR count). The molecule has 0 fully saturated rings. The smallest absolute Gasteiger partial charge is 0.346 e. The van der Waals surface area contributed by atoms with E-state index in [-0.39, 0.29) is 6.54 Å². The number of halogens is 3. The maximum Gasteiger partial charge on any atom is 0.405 e. The number of hydrogen-bond donors (Lipinski definition) is 2. The predicted molar refractivity (Wildman–Crippen MR) is 64.0 cm³/mol. The minimum Gasteiger partial charge on any atom is -0.346 e. The van der Waals surface area contributed by atoms with E-state index < -0.39 is 18.6 Å². The lowest BCUT2D eigenvalue weighted by Crippen LogP contribution is -2.42. The van der Waals surface area contributed by atoms with Gasteiger partial charge in [0.2, 0.25) is 5.91 Å². The second-order valence-corrected chi connectivity index (χ2v) is 4.66. The number of carbonyl (C=O) groups is 1. The van der Waals surface area contributed by atoms with Crippen molar-refractivity contribution in [2.45, 2.75) is 26.4 Å². The third-order valence-corrected chi connectivity index (χ3v) is 2.16. The fourth-order valence-electron chi connectivity index (χ4n) is 1.52. The van der Waals surface area contributed by atoms with E-state index in [1.54, 1.807) is 0 Å². The molecule has 0 aliphatic heterocycles. The van der Waals surface area contributed by atoms with Gasteiger partial charge in [0.1, 0.15) is 6.54 Å². The van der Waals surface area contributed by atoms with Gasteiger partial charge in [0.25, 0.3) is 0 Å². The van der Waals surface area contributed by atoms with Crippen molar-refractivity contribution in [1.29, 1.82) is 0 Å². The van der Waals surface area contributed by atoms with Crippen LogP contribution in [0.4, 0.5) is 13.2 Å². The van der Waals surface area contributed by atoms with Gasteiger partial charge >= 0.3 is 6.18 Å². The Hall–Kier alpha value is -0.820. The Balaban J connectivity index is 4.09. The summed E-state index contributed by atoms with van der Waals surface area (Å²) >= 11 is 0. The van der Waals surface area contributed by atoms with Crippen LogP contribution in [0.3, 0.4) is 0 Å². The summed E-state index contributed by atoms with van der Waals surface area (Å²) in [5.41, 5.74) is 5.38. The minimum absolute atomic E-state index is 0.0196. The number of amides is 1. The standard InChI is InChI=1S/C11H22F3N3O/c1-9(2)6-17(5-3-4-15)7-10(18)16-8-11(12,13)14/h9H,3-8,15H2,1-2H3,(H,16,18). The summed E-state index contributed by atoms with van der Waals surface area (Å²) in [5, 5.41) is 1.87. The first-order chi connectivity index (χ1) is 8.24. The molecule has 0 bridgehead atoms. The van der Waals surface area contributed by atoms with Crippen LogP contribution >= 0.6 is 0 Å². The zero-order valence-electron chi connectivity index (χ0n) is 10.9. The first kappa shape index (κ1) is 17.2. The molecule has 3 N–H and O–H groups in total. The Morgan fingerprint density at radius 2 is 2.00 bits per heavy atom. The highest BCUT2D eigenvalue weighted by Crippen LogP contribution is 2.12. The quantitative estimate of drug-likeness (QED) is 0.690. The fraction of sp³-hybridized carbons (Fsp3) is 0.909. The van der Waals surface area contributed by atoms with Crippen LogP contribution in [0.1, 0.15) is 20.3 Å². The first-order valence-corrected chi connectivity index (χ1v) is 6.00. The average Bonchev–Trinajstić information content (AvgIpc) is 2.21. The molecule has 0 spiro atoms. The van der Waals surface area contributed by atoms with Crippen LogP contribution in [0.15, 0.2) is 0 Å². The van der Waals surface area contributed by atoms with Gasteiger partial charge in [0.05, 0.1) is 6.54 Å². The molecule has 4 nitrogen and oxygen atoms in total. The molecule has 0 aromatic heterocycles. The van der Waals surface area contributed by atoms with Crippen LogP contribution in [-0.4, -0.2) is 49.7 Å². The molecule has 0 aliphatic rings. The second-order valence-electron chi connectivity index (χ2n) is 4.66. The maximum absolute atomic E-state index is 11.9. The monoisotopic (exact) mass is 269 g/mol. The summed E-state index contributed by atoms with van der Waals surface area (Å²) in [4.78, 5) is 13.2. The van der Waals surface area contributed by atoms with E-state index in [0.717, 1.165) is 6.42 Å². The van der Waals surface area contributed by atoms with Crippen LogP contribution < -0.4 is 11.1 Å². The normalized spacial score (nSPS) is 12.2. The summed E-state index contributed by atoms with van der Waals surface area (Å²) in [7, 11) is 0. The van der Waals surface area contributed by atoms with Gasteiger partial charge < -0.3 is 11.1 Å². The van der Waals surface area contributed by atoms with Crippen molar-refractivity contribution < 1.29 is 18.0 Å². The van der Waals surface area contributed by atoms with Crippen LogP contribution in [0.25, 0.3) is 0 Å². The molecule has 0 atom stereocenters. The van der Waals surface area contributed by atoms with Crippen LogP contribution in [0.5, 0.6) is 0 Å². The van der Waals surface area contributed by atoms with E-state index in [9.17, 15) is 18.0 Å². The van der Waals surface area contributed by atoms with E-state index in [4.69, 9.17) is 5.73 Å². The van der Waals surface area contributed by atoms with E-state index in [1.807, 2.05) is 24.1 Å². The van der Waals surface area contributed by atoms with Crippen molar-refractivity contribution in [2.24, 2.45) is 11.7 Å². The van der Waals surface area contributed by atoms with Crippen molar-refractivity contribution in [3.8, 4) is 0 Å². The fourth-order valence-corrected chi connectivity index (χ4v) is 1.52. The molecule has 0 aromatic rings.